The van der Waals surface area contributed by atoms with Crippen LogP contribution in [-0.4, -0.2) is 33.5 Å². The van der Waals surface area contributed by atoms with Crippen molar-refractivity contribution in [3.63, 3.8) is 0 Å². The van der Waals surface area contributed by atoms with E-state index in [4.69, 9.17) is 18.0 Å². The molecule has 4 aromatic rings. The summed E-state index contributed by atoms with van der Waals surface area (Å²) in [5.41, 5.74) is 9.26. The lowest BCUT2D eigenvalue weighted by Gasteiger charge is -2.25. The van der Waals surface area contributed by atoms with Gasteiger partial charge in [0.15, 0.2) is 0 Å². The molecule has 0 radical (unpaired) electrons. The molecule has 0 unspecified atom stereocenters. The van der Waals surface area contributed by atoms with Gasteiger partial charge in [0.05, 0.1) is 33.5 Å². The molecular formula is C32H32ClF2N7. The third-order valence-corrected chi connectivity index (χ3v) is 8.05. The molecule has 0 amide bonds. The van der Waals surface area contributed by atoms with Crippen LogP contribution in [0, 0.1) is 17.8 Å². The number of anilines is 2. The molecule has 2 aliphatic rings. The summed E-state index contributed by atoms with van der Waals surface area (Å²) in [7, 11) is 0. The summed E-state index contributed by atoms with van der Waals surface area (Å²) in [5.74, 6) is 2.74. The first-order valence-electron chi connectivity index (χ1n) is 13.8. The van der Waals surface area contributed by atoms with Crippen molar-refractivity contribution in [3.05, 3.63) is 83.0 Å². The number of alkyl halides is 2. The molecule has 4 N–H and O–H groups in total. The van der Waals surface area contributed by atoms with Gasteiger partial charge in [-0.25, -0.2) is 8.78 Å². The third kappa shape index (κ3) is 5.17. The predicted octanol–water partition coefficient (Wildman–Crippen LogP) is 6.99. The number of nitrogens with one attached hydrogen (secondary N) is 4. The van der Waals surface area contributed by atoms with Crippen molar-refractivity contribution in [2.75, 3.05) is 17.2 Å². The van der Waals surface area contributed by atoms with Gasteiger partial charge in [-0.1, -0.05) is 56.5 Å². The second-order valence-electron chi connectivity index (χ2n) is 12.1. The fraction of sp³-hybridized carbons (Fsp3) is 0.312. The number of hydrogen-bond donors (Lipinski definition) is 4. The van der Waals surface area contributed by atoms with Crippen molar-refractivity contribution in [2.24, 2.45) is 5.41 Å². The predicted molar refractivity (Wildman–Crippen MR) is 165 cm³/mol. The third-order valence-electron chi connectivity index (χ3n) is 7.76. The number of fused-ring (bicyclic) bond motifs is 2. The summed E-state index contributed by atoms with van der Waals surface area (Å²) < 4.78 is 27.9. The summed E-state index contributed by atoms with van der Waals surface area (Å²) >= 11 is 6.80. The molecular weight excluding hydrogens is 556 g/mol. The highest BCUT2D eigenvalue weighted by atomic mass is 35.5. The van der Waals surface area contributed by atoms with Crippen LogP contribution in [0.1, 0.15) is 50.8 Å². The fourth-order valence-corrected chi connectivity index (χ4v) is 5.55. The molecule has 1 atom stereocenters. The van der Waals surface area contributed by atoms with E-state index in [-0.39, 0.29) is 5.41 Å². The Hall–Kier alpha value is -4.13. The minimum Gasteiger partial charge on any atom is -0.383 e. The molecule has 42 heavy (non-hydrogen) atoms. The van der Waals surface area contributed by atoms with E-state index in [0.717, 1.165) is 27.4 Å². The van der Waals surface area contributed by atoms with E-state index in [2.05, 4.69) is 58.3 Å². The molecule has 1 saturated carbocycles. The Morgan fingerprint density at radius 3 is 2.69 bits per heavy atom. The molecule has 2 aromatic heterocycles. The van der Waals surface area contributed by atoms with Crippen LogP contribution >= 0.6 is 11.6 Å². The Morgan fingerprint density at radius 1 is 1.17 bits per heavy atom. The number of pyridine rings is 2. The van der Waals surface area contributed by atoms with Crippen LogP contribution in [0.3, 0.4) is 0 Å². The molecule has 0 bridgehead atoms. The lowest BCUT2D eigenvalue weighted by atomic mass is 9.96. The molecule has 1 aliphatic carbocycles. The van der Waals surface area contributed by atoms with Gasteiger partial charge in [-0.3, -0.25) is 15.0 Å². The second-order valence-corrected chi connectivity index (χ2v) is 12.5. The van der Waals surface area contributed by atoms with Crippen molar-refractivity contribution in [3.8, 4) is 12.3 Å². The smallest absolute Gasteiger partial charge is 0.262 e. The molecule has 0 saturated heterocycles. The normalized spacial score (nSPS) is 16.7. The van der Waals surface area contributed by atoms with Crippen molar-refractivity contribution >= 4 is 44.7 Å². The number of nitrogens with zero attached hydrogens (tertiary/aromatic N) is 3. The van der Waals surface area contributed by atoms with E-state index in [0.29, 0.717) is 46.9 Å². The Balaban J connectivity index is 1.46. The minimum atomic E-state index is -2.48. The lowest BCUT2D eigenvalue weighted by Crippen LogP contribution is -2.48. The molecule has 216 valence electrons. The SMILES string of the molecule is C#Cc1cnc2c(Cl)cc(N[C@H](C3=CN(C4(C(F)F)CC4)NN3)c3cccc4ccncc34)cc2c1NCC(C)(C)C. The number of aromatic nitrogens is 2. The summed E-state index contributed by atoms with van der Waals surface area (Å²) in [6.07, 6.45) is 11.1. The molecule has 3 heterocycles. The number of terminal acetylenes is 1. The Morgan fingerprint density at radius 2 is 1.98 bits per heavy atom. The van der Waals surface area contributed by atoms with Crippen LogP contribution in [0.25, 0.3) is 21.7 Å². The highest BCUT2D eigenvalue weighted by molar-refractivity contribution is 6.35. The first kappa shape index (κ1) is 28.0. The van der Waals surface area contributed by atoms with Crippen LogP contribution in [0.15, 0.2) is 66.9 Å². The van der Waals surface area contributed by atoms with E-state index in [1.165, 1.54) is 5.01 Å². The van der Waals surface area contributed by atoms with E-state index in [1.807, 2.05) is 42.6 Å². The second kappa shape index (κ2) is 10.6. The number of benzene rings is 2. The van der Waals surface area contributed by atoms with Gasteiger partial charge in [-0.15, -0.1) is 12.0 Å². The van der Waals surface area contributed by atoms with Gasteiger partial charge in [-0.2, -0.15) is 0 Å². The maximum absolute atomic E-state index is 14.0. The zero-order valence-electron chi connectivity index (χ0n) is 23.6. The Bertz CT molecular complexity index is 1730. The van der Waals surface area contributed by atoms with Crippen molar-refractivity contribution in [1.82, 2.24) is 25.9 Å². The molecule has 2 aromatic carbocycles. The van der Waals surface area contributed by atoms with Gasteiger partial charge >= 0.3 is 0 Å². The lowest BCUT2D eigenvalue weighted by molar-refractivity contribution is 0.00911. The van der Waals surface area contributed by atoms with E-state index >= 15 is 0 Å². The molecule has 6 rings (SSSR count). The van der Waals surface area contributed by atoms with Crippen LogP contribution in [0.4, 0.5) is 20.2 Å². The average Bonchev–Trinajstić information content (AvgIpc) is 3.64. The molecule has 7 nitrogen and oxygen atoms in total. The van der Waals surface area contributed by atoms with E-state index in [1.54, 1.807) is 18.6 Å². The van der Waals surface area contributed by atoms with Crippen molar-refractivity contribution < 1.29 is 8.78 Å². The fourth-order valence-electron chi connectivity index (χ4n) is 5.28. The van der Waals surface area contributed by atoms with Gasteiger partial charge in [0.2, 0.25) is 0 Å². The van der Waals surface area contributed by atoms with Crippen LogP contribution in [-0.2, 0) is 0 Å². The average molecular weight is 588 g/mol. The quantitative estimate of drug-likeness (QED) is 0.165. The summed E-state index contributed by atoms with van der Waals surface area (Å²) in [6.45, 7) is 7.11. The first-order chi connectivity index (χ1) is 20.1. The topological polar surface area (TPSA) is 77.1 Å². The first-order valence-corrected chi connectivity index (χ1v) is 14.2. The monoisotopic (exact) mass is 587 g/mol. The highest BCUT2D eigenvalue weighted by Gasteiger charge is 2.56. The van der Waals surface area contributed by atoms with Gasteiger partial charge in [0, 0.05) is 47.8 Å². The van der Waals surface area contributed by atoms with E-state index < -0.39 is 18.0 Å². The molecule has 1 aliphatic heterocycles. The Kier molecular flexibility index (Phi) is 7.08. The van der Waals surface area contributed by atoms with E-state index in [9.17, 15) is 8.78 Å². The zero-order valence-corrected chi connectivity index (χ0v) is 24.4. The standard InChI is InChI=1S/C32H32ClF2N7/c1-5-19-15-37-28-23(27(19)38-18-31(2,3)4)13-21(14-25(28)33)39-29(22-8-6-7-20-9-12-36-16-24(20)22)26-17-42(41-40-26)32(10-11-32)30(34)35/h1,6-9,12-17,29-30,39-41H,10-11,18H2,2-4H3,(H,37,38)/t29-/m0/s1. The maximum atomic E-state index is 14.0. The van der Waals surface area contributed by atoms with Gasteiger partial charge in [-0.05, 0) is 47.4 Å². The van der Waals surface area contributed by atoms with Gasteiger partial charge in [0.1, 0.15) is 5.54 Å². The van der Waals surface area contributed by atoms with Gasteiger partial charge in [0.25, 0.3) is 6.43 Å². The number of hydrogen-bond acceptors (Lipinski definition) is 7. The Labute approximate surface area is 248 Å². The van der Waals surface area contributed by atoms with Gasteiger partial charge < -0.3 is 16.1 Å². The number of halogens is 3. The van der Waals surface area contributed by atoms with Crippen LogP contribution in [0.2, 0.25) is 5.02 Å². The molecule has 1 fully saturated rings. The summed E-state index contributed by atoms with van der Waals surface area (Å²) in [6, 6.07) is 11.3. The van der Waals surface area contributed by atoms with Crippen molar-refractivity contribution in [2.45, 2.75) is 51.6 Å². The largest absolute Gasteiger partial charge is 0.383 e. The van der Waals surface area contributed by atoms with Crippen molar-refractivity contribution in [1.29, 1.82) is 0 Å². The highest BCUT2D eigenvalue weighted by Crippen LogP contribution is 2.47. The molecule has 0 spiro atoms. The van der Waals surface area contributed by atoms with Crippen LogP contribution in [0.5, 0.6) is 0 Å². The minimum absolute atomic E-state index is 0.00521. The number of rotatable bonds is 8. The number of hydrazine groups is 2. The summed E-state index contributed by atoms with van der Waals surface area (Å²) in [4.78, 5) is 8.91. The molecule has 10 heteroatoms. The van der Waals surface area contributed by atoms with Crippen LogP contribution < -0.4 is 21.6 Å². The summed E-state index contributed by atoms with van der Waals surface area (Å²) in [5, 5.41) is 11.8. The zero-order chi connectivity index (χ0) is 29.6. The maximum Gasteiger partial charge on any atom is 0.262 e.